The van der Waals surface area contributed by atoms with Crippen LogP contribution in [0, 0.1) is 0 Å². The first-order chi connectivity index (χ1) is 9.08. The minimum Gasteiger partial charge on any atom is -0.504 e. The van der Waals surface area contributed by atoms with E-state index in [1.165, 1.54) is 0 Å². The van der Waals surface area contributed by atoms with Gasteiger partial charge in [0.15, 0.2) is 16.6 Å². The van der Waals surface area contributed by atoms with Crippen molar-refractivity contribution in [2.24, 2.45) is 10.8 Å². The molecule has 0 fully saturated rings. The Labute approximate surface area is 117 Å². The molecule has 0 heterocycles. The van der Waals surface area contributed by atoms with E-state index in [-0.39, 0.29) is 10.9 Å². The third kappa shape index (κ3) is 4.59. The quantitative estimate of drug-likeness (QED) is 0.319. The lowest BCUT2D eigenvalue weighted by Gasteiger charge is -2.10. The first-order valence-corrected chi connectivity index (χ1v) is 6.17. The number of ether oxygens (including phenoxy) is 1. The van der Waals surface area contributed by atoms with E-state index in [9.17, 15) is 5.11 Å². The predicted molar refractivity (Wildman–Crippen MR) is 80.7 cm³/mol. The van der Waals surface area contributed by atoms with Crippen LogP contribution in [0.25, 0.3) is 0 Å². The number of phenolic OH excluding ortho intramolecular Hbond substituents is 1. The monoisotopic (exact) mass is 279 g/mol. The zero-order valence-corrected chi connectivity index (χ0v) is 11.5. The lowest BCUT2D eigenvalue weighted by atomic mass is 10.1. The number of hydrogen-bond acceptors (Lipinski definition) is 4. The molecule has 0 aliphatic rings. The van der Waals surface area contributed by atoms with Gasteiger partial charge in [-0.2, -0.15) is 5.10 Å². The summed E-state index contributed by atoms with van der Waals surface area (Å²) in [6.07, 6.45) is 3.79. The van der Waals surface area contributed by atoms with Crippen molar-refractivity contribution in [3.8, 4) is 11.5 Å². The minimum atomic E-state index is 0.0892. The number of nitrogens with two attached hydrogens (primary N) is 1. The highest BCUT2D eigenvalue weighted by Gasteiger charge is 2.09. The Bertz CT molecular complexity index is 501. The highest BCUT2D eigenvalue weighted by molar-refractivity contribution is 7.80. The summed E-state index contributed by atoms with van der Waals surface area (Å²) in [5.74, 6) is 0.542. The van der Waals surface area contributed by atoms with Crippen molar-refractivity contribution < 1.29 is 9.84 Å². The predicted octanol–water partition coefficient (Wildman–Crippen LogP) is 1.69. The van der Waals surface area contributed by atoms with Crippen LogP contribution in [0.4, 0.5) is 0 Å². The fourth-order valence-corrected chi connectivity index (χ4v) is 1.56. The van der Waals surface area contributed by atoms with Gasteiger partial charge in [0.25, 0.3) is 0 Å². The van der Waals surface area contributed by atoms with Gasteiger partial charge >= 0.3 is 0 Å². The molecule has 6 heteroatoms. The number of rotatable bonds is 6. The first-order valence-electron chi connectivity index (χ1n) is 5.76. The molecular formula is C13H17N3O2S. The lowest BCUT2D eigenvalue weighted by Crippen LogP contribution is -2.24. The summed E-state index contributed by atoms with van der Waals surface area (Å²) in [5.41, 5.74) is 9.22. The number of hydrogen-bond donors (Lipinski definition) is 3. The van der Waals surface area contributed by atoms with Gasteiger partial charge in [0, 0.05) is 5.56 Å². The molecule has 0 aromatic heterocycles. The molecule has 1 aromatic rings. The van der Waals surface area contributed by atoms with Crippen LogP contribution < -0.4 is 15.9 Å². The average molecular weight is 279 g/mol. The van der Waals surface area contributed by atoms with Crippen molar-refractivity contribution in [1.82, 2.24) is 5.43 Å². The van der Waals surface area contributed by atoms with Crippen LogP contribution in [0.5, 0.6) is 11.5 Å². The third-order valence-electron chi connectivity index (χ3n) is 2.23. The fraction of sp³-hybridized carbons (Fsp3) is 0.231. The molecule has 0 amide bonds. The van der Waals surface area contributed by atoms with E-state index in [2.05, 4.69) is 29.3 Å². The summed E-state index contributed by atoms with van der Waals surface area (Å²) in [6.45, 7) is 5.97. The second-order valence-corrected chi connectivity index (χ2v) is 4.13. The van der Waals surface area contributed by atoms with Gasteiger partial charge in [-0.05, 0) is 43.3 Å². The van der Waals surface area contributed by atoms with Gasteiger partial charge in [0.2, 0.25) is 0 Å². The summed E-state index contributed by atoms with van der Waals surface area (Å²) in [7, 11) is 0. The van der Waals surface area contributed by atoms with Gasteiger partial charge in [0.1, 0.15) is 0 Å². The van der Waals surface area contributed by atoms with E-state index in [4.69, 9.17) is 10.5 Å². The minimum absolute atomic E-state index is 0.0892. The Hall–Kier alpha value is -2.08. The molecule has 4 N–H and O–H groups in total. The Kier molecular flexibility index (Phi) is 5.81. The van der Waals surface area contributed by atoms with Crippen molar-refractivity contribution in [1.29, 1.82) is 0 Å². The summed E-state index contributed by atoms with van der Waals surface area (Å²) >= 11 is 4.64. The normalized spacial score (nSPS) is 10.4. The number of allylic oxidation sites excluding steroid dienone is 1. The van der Waals surface area contributed by atoms with Gasteiger partial charge in [-0.3, -0.25) is 5.43 Å². The van der Waals surface area contributed by atoms with Crippen LogP contribution in [0.1, 0.15) is 18.1 Å². The maximum absolute atomic E-state index is 10.0. The van der Waals surface area contributed by atoms with Crippen LogP contribution in [-0.2, 0) is 6.42 Å². The molecule has 1 aromatic carbocycles. The number of nitrogens with one attached hydrogen (secondary N) is 1. The van der Waals surface area contributed by atoms with E-state index in [0.29, 0.717) is 18.8 Å². The van der Waals surface area contributed by atoms with Gasteiger partial charge in [-0.25, -0.2) is 0 Å². The molecule has 5 nitrogen and oxygen atoms in total. The number of benzene rings is 1. The highest BCUT2D eigenvalue weighted by Crippen LogP contribution is 2.31. The molecule has 0 unspecified atom stereocenters. The van der Waals surface area contributed by atoms with Crippen LogP contribution in [0.3, 0.4) is 0 Å². The molecule has 19 heavy (non-hydrogen) atoms. The zero-order valence-electron chi connectivity index (χ0n) is 10.7. The fourth-order valence-electron chi connectivity index (χ4n) is 1.51. The smallest absolute Gasteiger partial charge is 0.184 e. The van der Waals surface area contributed by atoms with E-state index in [1.807, 2.05) is 6.92 Å². The zero-order chi connectivity index (χ0) is 14.3. The number of thiocarbonyl (C=S) groups is 1. The topological polar surface area (TPSA) is 79.9 Å². The maximum Gasteiger partial charge on any atom is 0.184 e. The van der Waals surface area contributed by atoms with E-state index in [0.717, 1.165) is 11.1 Å². The summed E-state index contributed by atoms with van der Waals surface area (Å²) in [4.78, 5) is 0. The summed E-state index contributed by atoms with van der Waals surface area (Å²) in [6, 6.07) is 3.49. The molecule has 0 atom stereocenters. The molecule has 102 valence electrons. The highest BCUT2D eigenvalue weighted by atomic mass is 32.1. The molecule has 0 saturated heterocycles. The maximum atomic E-state index is 10.0. The molecule has 0 aliphatic carbocycles. The van der Waals surface area contributed by atoms with Crippen molar-refractivity contribution >= 4 is 23.5 Å². The largest absolute Gasteiger partial charge is 0.504 e. The standard InChI is InChI=1S/C13H17N3O2S/c1-3-5-10-6-9(8-15-16-13(14)19)7-11(12(10)17)18-4-2/h3,6-8,17H,1,4-5H2,2H3,(H3,14,16,19). The number of hydrazone groups is 1. The van der Waals surface area contributed by atoms with Crippen molar-refractivity contribution in [2.45, 2.75) is 13.3 Å². The molecule has 0 spiro atoms. The van der Waals surface area contributed by atoms with Crippen molar-refractivity contribution in [3.63, 3.8) is 0 Å². The van der Waals surface area contributed by atoms with Crippen LogP contribution in [0.15, 0.2) is 29.9 Å². The number of aromatic hydroxyl groups is 1. The Morgan fingerprint density at radius 1 is 1.63 bits per heavy atom. The Balaban J connectivity index is 3.06. The molecular weight excluding hydrogens is 262 g/mol. The van der Waals surface area contributed by atoms with Gasteiger partial charge < -0.3 is 15.6 Å². The van der Waals surface area contributed by atoms with Gasteiger partial charge in [-0.15, -0.1) is 6.58 Å². The second-order valence-electron chi connectivity index (χ2n) is 3.69. The van der Waals surface area contributed by atoms with E-state index >= 15 is 0 Å². The number of nitrogens with zero attached hydrogens (tertiary/aromatic N) is 1. The van der Waals surface area contributed by atoms with E-state index in [1.54, 1.807) is 24.4 Å². The van der Waals surface area contributed by atoms with Crippen LogP contribution in [-0.4, -0.2) is 23.0 Å². The molecule has 0 bridgehead atoms. The van der Waals surface area contributed by atoms with Gasteiger partial charge in [0.05, 0.1) is 12.8 Å². The Morgan fingerprint density at radius 2 is 2.37 bits per heavy atom. The van der Waals surface area contributed by atoms with E-state index < -0.39 is 0 Å². The lowest BCUT2D eigenvalue weighted by molar-refractivity contribution is 0.317. The summed E-state index contributed by atoms with van der Waals surface area (Å²) in [5, 5.41) is 14.0. The third-order valence-corrected chi connectivity index (χ3v) is 2.32. The SMILES string of the molecule is C=CCc1cc(C=NNC(N)=S)cc(OCC)c1O. The first kappa shape index (κ1) is 15.0. The average Bonchev–Trinajstić information content (AvgIpc) is 2.35. The second kappa shape index (κ2) is 7.38. The Morgan fingerprint density at radius 3 is 2.95 bits per heavy atom. The van der Waals surface area contributed by atoms with Crippen molar-refractivity contribution in [3.05, 3.63) is 35.9 Å². The van der Waals surface area contributed by atoms with Crippen LogP contribution >= 0.6 is 12.2 Å². The number of phenols is 1. The van der Waals surface area contributed by atoms with Crippen LogP contribution in [0.2, 0.25) is 0 Å². The molecule has 1 rings (SSSR count). The molecule has 0 radical (unpaired) electrons. The molecule has 0 aliphatic heterocycles. The summed E-state index contributed by atoms with van der Waals surface area (Å²) < 4.78 is 5.37. The van der Waals surface area contributed by atoms with Gasteiger partial charge in [-0.1, -0.05) is 6.08 Å². The molecule has 0 saturated carbocycles. The van der Waals surface area contributed by atoms with Crippen molar-refractivity contribution in [2.75, 3.05) is 6.61 Å².